The van der Waals surface area contributed by atoms with Gasteiger partial charge in [-0.15, -0.1) is 0 Å². The third-order valence-electron chi connectivity index (χ3n) is 2.90. The summed E-state index contributed by atoms with van der Waals surface area (Å²) in [6.07, 6.45) is 3.60. The Kier molecular flexibility index (Phi) is 5.42. The SMILES string of the molecule is CCCN(CCC)c1cc(C)c(C(C)O)cn1. The summed E-state index contributed by atoms with van der Waals surface area (Å²) in [5, 5.41) is 9.59. The Morgan fingerprint density at radius 2 is 1.88 bits per heavy atom. The number of aromatic nitrogens is 1. The molecule has 0 aliphatic heterocycles. The third kappa shape index (κ3) is 3.70. The smallest absolute Gasteiger partial charge is 0.128 e. The van der Waals surface area contributed by atoms with E-state index in [1.165, 1.54) is 0 Å². The van der Waals surface area contributed by atoms with Crippen LogP contribution >= 0.6 is 0 Å². The van der Waals surface area contributed by atoms with E-state index < -0.39 is 6.10 Å². The topological polar surface area (TPSA) is 36.4 Å². The molecule has 1 heterocycles. The number of anilines is 1. The normalized spacial score (nSPS) is 12.5. The fraction of sp³-hybridized carbons (Fsp3) is 0.643. The van der Waals surface area contributed by atoms with Gasteiger partial charge in [0.2, 0.25) is 0 Å². The van der Waals surface area contributed by atoms with Gasteiger partial charge in [0.25, 0.3) is 0 Å². The number of hydrogen-bond acceptors (Lipinski definition) is 3. The minimum absolute atomic E-state index is 0.442. The van der Waals surface area contributed by atoms with Crippen LogP contribution in [0.25, 0.3) is 0 Å². The summed E-state index contributed by atoms with van der Waals surface area (Å²) in [6, 6.07) is 2.08. The van der Waals surface area contributed by atoms with Crippen LogP contribution in [0.5, 0.6) is 0 Å². The monoisotopic (exact) mass is 236 g/mol. The van der Waals surface area contributed by atoms with Gasteiger partial charge in [-0.25, -0.2) is 4.98 Å². The molecule has 0 aliphatic rings. The summed E-state index contributed by atoms with van der Waals surface area (Å²) in [6.45, 7) is 10.2. The van der Waals surface area contributed by atoms with Crippen molar-refractivity contribution in [1.29, 1.82) is 0 Å². The molecule has 1 rings (SSSR count). The average Bonchev–Trinajstić information content (AvgIpc) is 2.28. The number of aliphatic hydroxyl groups excluding tert-OH is 1. The minimum Gasteiger partial charge on any atom is -0.389 e. The fourth-order valence-corrected chi connectivity index (χ4v) is 2.04. The summed E-state index contributed by atoms with van der Waals surface area (Å²) in [5.74, 6) is 1.02. The van der Waals surface area contributed by atoms with E-state index >= 15 is 0 Å². The molecule has 0 amide bonds. The van der Waals surface area contributed by atoms with Crippen molar-refractivity contribution in [2.24, 2.45) is 0 Å². The predicted molar refractivity (Wildman–Crippen MR) is 72.4 cm³/mol. The highest BCUT2D eigenvalue weighted by Gasteiger charge is 2.10. The standard InChI is InChI=1S/C14H24N2O/c1-5-7-16(8-6-2)14-9-11(3)13(10-15-14)12(4)17/h9-10,12,17H,5-8H2,1-4H3. The highest BCUT2D eigenvalue weighted by atomic mass is 16.3. The van der Waals surface area contributed by atoms with Crippen molar-refractivity contribution < 1.29 is 5.11 Å². The molecule has 0 spiro atoms. The minimum atomic E-state index is -0.442. The molecule has 0 aromatic carbocycles. The van der Waals surface area contributed by atoms with Gasteiger partial charge in [-0.3, -0.25) is 0 Å². The van der Waals surface area contributed by atoms with Crippen molar-refractivity contribution in [3.63, 3.8) is 0 Å². The van der Waals surface area contributed by atoms with Gasteiger partial charge in [-0.1, -0.05) is 13.8 Å². The first-order valence-corrected chi connectivity index (χ1v) is 6.49. The quantitative estimate of drug-likeness (QED) is 0.824. The molecule has 0 bridgehead atoms. The molecule has 3 heteroatoms. The van der Waals surface area contributed by atoms with E-state index in [1.54, 1.807) is 13.1 Å². The van der Waals surface area contributed by atoms with Gasteiger partial charge in [-0.2, -0.15) is 0 Å². The Labute approximate surface area is 104 Å². The number of pyridine rings is 1. The van der Waals surface area contributed by atoms with Crippen molar-refractivity contribution in [2.75, 3.05) is 18.0 Å². The zero-order valence-electron chi connectivity index (χ0n) is 11.4. The maximum atomic E-state index is 9.59. The highest BCUT2D eigenvalue weighted by Crippen LogP contribution is 2.21. The average molecular weight is 236 g/mol. The molecule has 0 saturated carbocycles. The largest absolute Gasteiger partial charge is 0.389 e. The van der Waals surface area contributed by atoms with Gasteiger partial charge in [0, 0.05) is 24.8 Å². The van der Waals surface area contributed by atoms with E-state index in [9.17, 15) is 5.11 Å². The van der Waals surface area contributed by atoms with E-state index in [0.717, 1.165) is 42.9 Å². The van der Waals surface area contributed by atoms with Crippen LogP contribution in [0.3, 0.4) is 0 Å². The number of rotatable bonds is 6. The van der Waals surface area contributed by atoms with Crippen LogP contribution in [0.1, 0.15) is 50.8 Å². The van der Waals surface area contributed by atoms with E-state index in [2.05, 4.69) is 29.8 Å². The number of hydrogen-bond donors (Lipinski definition) is 1. The molecule has 17 heavy (non-hydrogen) atoms. The molecule has 1 atom stereocenters. The zero-order valence-corrected chi connectivity index (χ0v) is 11.4. The molecular weight excluding hydrogens is 212 g/mol. The summed E-state index contributed by atoms with van der Waals surface area (Å²) in [5.41, 5.74) is 2.03. The Morgan fingerprint density at radius 1 is 1.29 bits per heavy atom. The highest BCUT2D eigenvalue weighted by molar-refractivity contribution is 5.43. The lowest BCUT2D eigenvalue weighted by molar-refractivity contribution is 0.198. The van der Waals surface area contributed by atoms with Crippen molar-refractivity contribution in [3.05, 3.63) is 23.4 Å². The van der Waals surface area contributed by atoms with Gasteiger partial charge in [-0.05, 0) is 38.3 Å². The Hall–Kier alpha value is -1.09. The maximum absolute atomic E-state index is 9.59. The second-order valence-electron chi connectivity index (χ2n) is 4.56. The Balaban J connectivity index is 2.93. The lowest BCUT2D eigenvalue weighted by atomic mass is 10.1. The number of nitrogens with zero attached hydrogens (tertiary/aromatic N) is 2. The van der Waals surface area contributed by atoms with Crippen molar-refractivity contribution >= 4 is 5.82 Å². The number of aryl methyl sites for hydroxylation is 1. The first kappa shape index (κ1) is 14.0. The first-order valence-electron chi connectivity index (χ1n) is 6.49. The maximum Gasteiger partial charge on any atom is 0.128 e. The van der Waals surface area contributed by atoms with E-state index in [0.29, 0.717) is 0 Å². The lowest BCUT2D eigenvalue weighted by Gasteiger charge is -2.23. The lowest BCUT2D eigenvalue weighted by Crippen LogP contribution is -2.26. The first-order chi connectivity index (χ1) is 8.10. The summed E-state index contributed by atoms with van der Waals surface area (Å²) in [7, 11) is 0. The molecule has 0 radical (unpaired) electrons. The van der Waals surface area contributed by atoms with Gasteiger partial charge < -0.3 is 10.0 Å². The molecule has 1 N–H and O–H groups in total. The van der Waals surface area contributed by atoms with Crippen LogP contribution < -0.4 is 4.90 Å². The van der Waals surface area contributed by atoms with Crippen molar-refractivity contribution in [2.45, 2.75) is 46.6 Å². The van der Waals surface area contributed by atoms with Crippen LogP contribution in [0.15, 0.2) is 12.3 Å². The summed E-state index contributed by atoms with van der Waals surface area (Å²) >= 11 is 0. The molecule has 0 fully saturated rings. The van der Waals surface area contributed by atoms with Crippen molar-refractivity contribution in [3.8, 4) is 0 Å². The van der Waals surface area contributed by atoms with Crippen LogP contribution in [0, 0.1) is 6.92 Å². The van der Waals surface area contributed by atoms with E-state index in [4.69, 9.17) is 0 Å². The van der Waals surface area contributed by atoms with Crippen LogP contribution in [0.4, 0.5) is 5.82 Å². The van der Waals surface area contributed by atoms with Crippen molar-refractivity contribution in [1.82, 2.24) is 4.98 Å². The summed E-state index contributed by atoms with van der Waals surface area (Å²) in [4.78, 5) is 6.77. The van der Waals surface area contributed by atoms with Gasteiger partial charge in [0.15, 0.2) is 0 Å². The second-order valence-corrected chi connectivity index (χ2v) is 4.56. The van der Waals surface area contributed by atoms with Crippen LogP contribution in [0.2, 0.25) is 0 Å². The number of aliphatic hydroxyl groups is 1. The van der Waals surface area contributed by atoms with Gasteiger partial charge in [0.1, 0.15) is 5.82 Å². The van der Waals surface area contributed by atoms with Crippen LogP contribution in [-0.4, -0.2) is 23.2 Å². The third-order valence-corrected chi connectivity index (χ3v) is 2.90. The van der Waals surface area contributed by atoms with E-state index in [1.807, 2.05) is 6.92 Å². The second kappa shape index (κ2) is 6.60. The van der Waals surface area contributed by atoms with Gasteiger partial charge in [0.05, 0.1) is 6.10 Å². The zero-order chi connectivity index (χ0) is 12.8. The Morgan fingerprint density at radius 3 is 2.29 bits per heavy atom. The fourth-order valence-electron chi connectivity index (χ4n) is 2.04. The van der Waals surface area contributed by atoms with Gasteiger partial charge >= 0.3 is 0 Å². The molecule has 1 aromatic rings. The predicted octanol–water partition coefficient (Wildman–Crippen LogP) is 3.07. The Bertz CT molecular complexity index is 344. The molecular formula is C14H24N2O. The van der Waals surface area contributed by atoms with E-state index in [-0.39, 0.29) is 0 Å². The summed E-state index contributed by atoms with van der Waals surface area (Å²) < 4.78 is 0. The molecule has 1 unspecified atom stereocenters. The molecule has 0 saturated heterocycles. The molecule has 1 aromatic heterocycles. The molecule has 3 nitrogen and oxygen atoms in total. The van der Waals surface area contributed by atoms with Crippen LogP contribution in [-0.2, 0) is 0 Å². The molecule has 96 valence electrons. The molecule has 0 aliphatic carbocycles.